The van der Waals surface area contributed by atoms with Crippen LogP contribution in [0.25, 0.3) is 0 Å². The minimum absolute atomic E-state index is 0.0497. The van der Waals surface area contributed by atoms with Crippen LogP contribution < -0.4 is 19.9 Å². The lowest BCUT2D eigenvalue weighted by Gasteiger charge is -2.29. The van der Waals surface area contributed by atoms with Crippen molar-refractivity contribution in [3.63, 3.8) is 0 Å². The molecular weight excluding hydrogens is 366 g/mol. The highest BCUT2D eigenvalue weighted by atomic mass is 16.5. The van der Waals surface area contributed by atoms with Crippen LogP contribution >= 0.6 is 0 Å². The van der Waals surface area contributed by atoms with Gasteiger partial charge in [0.15, 0.2) is 0 Å². The molecule has 1 saturated heterocycles. The second kappa shape index (κ2) is 9.96. The molecule has 1 N–H and O–H groups in total. The lowest BCUT2D eigenvalue weighted by atomic mass is 10.1. The highest BCUT2D eigenvalue weighted by molar-refractivity contribution is 5.95. The van der Waals surface area contributed by atoms with E-state index in [4.69, 9.17) is 4.74 Å². The van der Waals surface area contributed by atoms with Crippen molar-refractivity contribution in [1.82, 2.24) is 5.32 Å². The van der Waals surface area contributed by atoms with Gasteiger partial charge in [0.1, 0.15) is 5.75 Å². The number of carbonyl (C=O) groups is 2. The summed E-state index contributed by atoms with van der Waals surface area (Å²) >= 11 is 0. The molecule has 0 atom stereocenters. The monoisotopic (exact) mass is 395 g/mol. The highest BCUT2D eigenvalue weighted by Gasteiger charge is 2.15. The summed E-state index contributed by atoms with van der Waals surface area (Å²) in [6.45, 7) is 4.50. The number of hydrogen-bond donors (Lipinski definition) is 1. The SMILES string of the molecule is COc1cccc(C(=O)NCCN(C(C)=O)c2ccc(N3CCCCC3)cc2)c1. The Morgan fingerprint density at radius 1 is 1.07 bits per heavy atom. The predicted molar refractivity (Wildman–Crippen MR) is 116 cm³/mol. The van der Waals surface area contributed by atoms with E-state index in [1.807, 2.05) is 12.1 Å². The van der Waals surface area contributed by atoms with Gasteiger partial charge in [-0.3, -0.25) is 9.59 Å². The molecule has 6 nitrogen and oxygen atoms in total. The zero-order valence-electron chi connectivity index (χ0n) is 17.2. The van der Waals surface area contributed by atoms with Gasteiger partial charge in [-0.2, -0.15) is 0 Å². The summed E-state index contributed by atoms with van der Waals surface area (Å²) in [5, 5.41) is 2.87. The number of hydrogen-bond acceptors (Lipinski definition) is 4. The molecule has 0 unspecified atom stereocenters. The maximum atomic E-state index is 12.3. The second-order valence-corrected chi connectivity index (χ2v) is 7.22. The van der Waals surface area contributed by atoms with Crippen LogP contribution in [0.2, 0.25) is 0 Å². The maximum absolute atomic E-state index is 12.3. The number of rotatable bonds is 7. The first-order valence-electron chi connectivity index (χ1n) is 10.1. The Labute approximate surface area is 172 Å². The van der Waals surface area contributed by atoms with E-state index < -0.39 is 0 Å². The molecule has 0 aliphatic carbocycles. The van der Waals surface area contributed by atoms with Crippen LogP contribution in [0, 0.1) is 0 Å². The van der Waals surface area contributed by atoms with Crippen molar-refractivity contribution in [3.8, 4) is 5.75 Å². The van der Waals surface area contributed by atoms with Gasteiger partial charge < -0.3 is 19.9 Å². The number of piperidine rings is 1. The number of ether oxygens (including phenoxy) is 1. The highest BCUT2D eigenvalue weighted by Crippen LogP contribution is 2.23. The Morgan fingerprint density at radius 3 is 2.45 bits per heavy atom. The fourth-order valence-corrected chi connectivity index (χ4v) is 3.61. The van der Waals surface area contributed by atoms with Gasteiger partial charge in [-0.15, -0.1) is 0 Å². The Kier molecular flexibility index (Phi) is 7.11. The van der Waals surface area contributed by atoms with Crippen LogP contribution in [-0.2, 0) is 4.79 Å². The van der Waals surface area contributed by atoms with E-state index in [1.165, 1.54) is 24.9 Å². The molecule has 2 aromatic carbocycles. The van der Waals surface area contributed by atoms with Crippen LogP contribution in [0.15, 0.2) is 48.5 Å². The molecule has 1 aliphatic rings. The number of amides is 2. The summed E-state index contributed by atoms with van der Waals surface area (Å²) in [5.41, 5.74) is 2.57. The van der Waals surface area contributed by atoms with Crippen LogP contribution in [-0.4, -0.2) is 45.1 Å². The predicted octanol–water partition coefficient (Wildman–Crippen LogP) is 3.47. The fraction of sp³-hybridized carbons (Fsp3) is 0.391. The lowest BCUT2D eigenvalue weighted by Crippen LogP contribution is -2.37. The molecule has 0 radical (unpaired) electrons. The Bertz CT molecular complexity index is 830. The van der Waals surface area contributed by atoms with Gasteiger partial charge in [0.25, 0.3) is 5.91 Å². The topological polar surface area (TPSA) is 61.9 Å². The Balaban J connectivity index is 1.58. The van der Waals surface area contributed by atoms with E-state index in [1.54, 1.807) is 43.2 Å². The van der Waals surface area contributed by atoms with E-state index in [0.717, 1.165) is 18.8 Å². The summed E-state index contributed by atoms with van der Waals surface area (Å²) in [4.78, 5) is 28.6. The molecule has 1 fully saturated rings. The van der Waals surface area contributed by atoms with Crippen LogP contribution in [0.1, 0.15) is 36.5 Å². The molecule has 0 saturated carbocycles. The van der Waals surface area contributed by atoms with Crippen LogP contribution in [0.4, 0.5) is 11.4 Å². The number of anilines is 2. The molecule has 154 valence electrons. The summed E-state index contributed by atoms with van der Waals surface area (Å²) < 4.78 is 5.15. The molecule has 0 spiro atoms. The van der Waals surface area contributed by atoms with E-state index in [9.17, 15) is 9.59 Å². The largest absolute Gasteiger partial charge is 0.497 e. The number of methoxy groups -OCH3 is 1. The smallest absolute Gasteiger partial charge is 0.251 e. The number of nitrogens with one attached hydrogen (secondary N) is 1. The minimum Gasteiger partial charge on any atom is -0.497 e. The molecule has 1 aliphatic heterocycles. The van der Waals surface area contributed by atoms with Crippen molar-refractivity contribution in [2.75, 3.05) is 43.1 Å². The van der Waals surface area contributed by atoms with Gasteiger partial charge in [0.05, 0.1) is 7.11 Å². The van der Waals surface area contributed by atoms with Gasteiger partial charge in [-0.05, 0) is 61.7 Å². The molecule has 29 heavy (non-hydrogen) atoms. The van der Waals surface area contributed by atoms with E-state index >= 15 is 0 Å². The van der Waals surface area contributed by atoms with Gasteiger partial charge in [-0.25, -0.2) is 0 Å². The van der Waals surface area contributed by atoms with Gasteiger partial charge >= 0.3 is 0 Å². The quantitative estimate of drug-likeness (QED) is 0.780. The average Bonchev–Trinajstić information content (AvgIpc) is 2.77. The summed E-state index contributed by atoms with van der Waals surface area (Å²) in [6, 6.07) is 15.1. The van der Waals surface area contributed by atoms with Crippen molar-refractivity contribution in [3.05, 3.63) is 54.1 Å². The van der Waals surface area contributed by atoms with Crippen molar-refractivity contribution < 1.29 is 14.3 Å². The first-order chi connectivity index (χ1) is 14.1. The van der Waals surface area contributed by atoms with Crippen LogP contribution in [0.3, 0.4) is 0 Å². The van der Waals surface area contributed by atoms with Crippen molar-refractivity contribution in [1.29, 1.82) is 0 Å². The normalized spacial score (nSPS) is 13.7. The Hall–Kier alpha value is -3.02. The third-order valence-corrected chi connectivity index (χ3v) is 5.22. The lowest BCUT2D eigenvalue weighted by molar-refractivity contribution is -0.116. The fourth-order valence-electron chi connectivity index (χ4n) is 3.61. The number of carbonyl (C=O) groups excluding carboxylic acids is 2. The molecule has 2 aromatic rings. The third kappa shape index (κ3) is 5.50. The molecule has 6 heteroatoms. The average molecular weight is 396 g/mol. The Morgan fingerprint density at radius 2 is 1.79 bits per heavy atom. The van der Waals surface area contributed by atoms with Crippen molar-refractivity contribution in [2.45, 2.75) is 26.2 Å². The molecule has 0 bridgehead atoms. The second-order valence-electron chi connectivity index (χ2n) is 7.22. The van der Waals surface area contributed by atoms with E-state index in [0.29, 0.717) is 24.4 Å². The van der Waals surface area contributed by atoms with Gasteiger partial charge in [0, 0.05) is 50.0 Å². The minimum atomic E-state index is -0.187. The maximum Gasteiger partial charge on any atom is 0.251 e. The molecule has 2 amide bonds. The number of benzene rings is 2. The zero-order chi connectivity index (χ0) is 20.6. The van der Waals surface area contributed by atoms with Crippen LogP contribution in [0.5, 0.6) is 5.75 Å². The standard InChI is InChI=1S/C23H29N3O3/c1-18(27)26(16-13-24-23(28)19-7-6-8-22(17-19)29-2)21-11-9-20(10-12-21)25-14-4-3-5-15-25/h6-12,17H,3-5,13-16H2,1-2H3,(H,24,28). The molecular formula is C23H29N3O3. The van der Waals surface area contributed by atoms with E-state index in [2.05, 4.69) is 22.3 Å². The number of nitrogens with zero attached hydrogens (tertiary/aromatic N) is 2. The first kappa shape index (κ1) is 20.7. The first-order valence-corrected chi connectivity index (χ1v) is 10.1. The van der Waals surface area contributed by atoms with E-state index in [-0.39, 0.29) is 11.8 Å². The molecule has 0 aromatic heterocycles. The zero-order valence-corrected chi connectivity index (χ0v) is 17.2. The molecule has 1 heterocycles. The van der Waals surface area contributed by atoms with Crippen molar-refractivity contribution >= 4 is 23.2 Å². The summed E-state index contributed by atoms with van der Waals surface area (Å²) in [6.07, 6.45) is 3.76. The summed E-state index contributed by atoms with van der Waals surface area (Å²) in [5.74, 6) is 0.399. The van der Waals surface area contributed by atoms with Crippen molar-refractivity contribution in [2.24, 2.45) is 0 Å². The van der Waals surface area contributed by atoms with Gasteiger partial charge in [-0.1, -0.05) is 6.07 Å². The third-order valence-electron chi connectivity index (χ3n) is 5.22. The van der Waals surface area contributed by atoms with Gasteiger partial charge in [0.2, 0.25) is 5.91 Å². The summed E-state index contributed by atoms with van der Waals surface area (Å²) in [7, 11) is 1.57. The molecule has 3 rings (SSSR count).